The van der Waals surface area contributed by atoms with Crippen LogP contribution in [0, 0.1) is 0 Å². The van der Waals surface area contributed by atoms with Gasteiger partial charge in [0.2, 0.25) is 0 Å². The van der Waals surface area contributed by atoms with Crippen molar-refractivity contribution in [3.63, 3.8) is 0 Å². The molecule has 12 nitrogen and oxygen atoms in total. The SMILES string of the molecule is CC/C=C\C/C=C\C/C=C\C/C=C\CCCCCCCCC(=O)OCC(COC1OC(C(=O)O)C(O)C(O)C1OC(=O)CCCCCCC/C=C\CCCCCCCC)OC(=O)CCCCCCC/C=C\CCCCCCCC. The average Bonchev–Trinajstić information content (AvgIpc) is 3.46. The lowest BCUT2D eigenvalue weighted by Crippen LogP contribution is -2.61. The number of aliphatic hydroxyl groups is 2. The fraction of sp³-hybridized carbons (Fsp3) is 0.761. The van der Waals surface area contributed by atoms with E-state index in [0.29, 0.717) is 19.3 Å². The number of esters is 3. The highest BCUT2D eigenvalue weighted by Crippen LogP contribution is 2.26. The van der Waals surface area contributed by atoms with E-state index < -0.39 is 67.3 Å². The molecule has 6 unspecified atom stereocenters. The van der Waals surface area contributed by atoms with Gasteiger partial charge in [-0.2, -0.15) is 0 Å². The first-order valence-electron chi connectivity index (χ1n) is 31.9. The number of aliphatic carboxylic acids is 1. The van der Waals surface area contributed by atoms with Crippen LogP contribution in [0.15, 0.2) is 72.9 Å². The summed E-state index contributed by atoms with van der Waals surface area (Å²) in [7, 11) is 0. The quantitative estimate of drug-likeness (QED) is 0.0228. The summed E-state index contributed by atoms with van der Waals surface area (Å²) in [4.78, 5) is 51.3. The molecular formula is C67H114O12. The number of hydrogen-bond acceptors (Lipinski definition) is 11. The molecule has 0 saturated carbocycles. The number of carboxylic acid groups (broad SMARTS) is 1. The third-order valence-corrected chi connectivity index (χ3v) is 14.2. The van der Waals surface area contributed by atoms with Crippen molar-refractivity contribution in [1.82, 2.24) is 0 Å². The maximum absolute atomic E-state index is 13.2. The van der Waals surface area contributed by atoms with E-state index in [4.69, 9.17) is 23.7 Å². The Labute approximate surface area is 480 Å². The lowest BCUT2D eigenvalue weighted by Gasteiger charge is -2.40. The number of carbonyl (C=O) groups excluding carboxylic acids is 3. The van der Waals surface area contributed by atoms with Gasteiger partial charge in [-0.3, -0.25) is 14.4 Å². The maximum Gasteiger partial charge on any atom is 0.335 e. The van der Waals surface area contributed by atoms with Crippen molar-refractivity contribution in [3.8, 4) is 0 Å². The van der Waals surface area contributed by atoms with Gasteiger partial charge >= 0.3 is 23.9 Å². The number of rotatable bonds is 54. The highest BCUT2D eigenvalue weighted by atomic mass is 16.7. The predicted molar refractivity (Wildman–Crippen MR) is 322 cm³/mol. The van der Waals surface area contributed by atoms with Gasteiger partial charge in [-0.15, -0.1) is 0 Å². The monoisotopic (exact) mass is 1110 g/mol. The normalized spacial score (nSPS) is 18.3. The molecule has 1 saturated heterocycles. The summed E-state index contributed by atoms with van der Waals surface area (Å²) < 4.78 is 28.5. The number of hydrogen-bond donors (Lipinski definition) is 3. The van der Waals surface area contributed by atoms with Crippen LogP contribution < -0.4 is 0 Å². The molecule has 0 aliphatic carbocycles. The molecule has 79 heavy (non-hydrogen) atoms. The van der Waals surface area contributed by atoms with Crippen LogP contribution in [0.3, 0.4) is 0 Å². The van der Waals surface area contributed by atoms with Gasteiger partial charge in [0.25, 0.3) is 0 Å². The summed E-state index contributed by atoms with van der Waals surface area (Å²) in [5.74, 6) is -3.15. The van der Waals surface area contributed by atoms with Crippen LogP contribution in [0.5, 0.6) is 0 Å². The average molecular weight is 1110 g/mol. The molecule has 454 valence electrons. The van der Waals surface area contributed by atoms with Crippen molar-refractivity contribution in [2.75, 3.05) is 13.2 Å². The molecule has 1 fully saturated rings. The van der Waals surface area contributed by atoms with Crippen LogP contribution in [0.1, 0.15) is 278 Å². The van der Waals surface area contributed by atoms with E-state index in [-0.39, 0.29) is 25.9 Å². The largest absolute Gasteiger partial charge is 0.479 e. The zero-order valence-electron chi connectivity index (χ0n) is 50.1. The fourth-order valence-corrected chi connectivity index (χ4v) is 9.35. The highest BCUT2D eigenvalue weighted by molar-refractivity contribution is 5.74. The van der Waals surface area contributed by atoms with Gasteiger partial charge in [-0.25, -0.2) is 4.79 Å². The van der Waals surface area contributed by atoms with E-state index in [1.807, 2.05) is 0 Å². The molecule has 0 bridgehead atoms. The first-order chi connectivity index (χ1) is 38.6. The number of aliphatic hydroxyl groups excluding tert-OH is 2. The van der Waals surface area contributed by atoms with Crippen LogP contribution >= 0.6 is 0 Å². The molecule has 0 spiro atoms. The van der Waals surface area contributed by atoms with Crippen molar-refractivity contribution < 1.29 is 58.2 Å². The minimum Gasteiger partial charge on any atom is -0.479 e. The summed E-state index contributed by atoms with van der Waals surface area (Å²) in [6.07, 6.45) is 57.1. The van der Waals surface area contributed by atoms with E-state index in [9.17, 15) is 34.5 Å². The zero-order valence-corrected chi connectivity index (χ0v) is 50.1. The minimum absolute atomic E-state index is 0.0474. The Hall–Kier alpha value is -3.84. The second-order valence-corrected chi connectivity index (χ2v) is 21.7. The number of allylic oxidation sites excluding steroid dienone is 12. The molecule has 0 aromatic heterocycles. The van der Waals surface area contributed by atoms with E-state index >= 15 is 0 Å². The summed E-state index contributed by atoms with van der Waals surface area (Å²) in [6.45, 7) is 5.87. The Morgan fingerprint density at radius 3 is 1.23 bits per heavy atom. The molecule has 0 aromatic rings. The molecule has 3 N–H and O–H groups in total. The van der Waals surface area contributed by atoms with Gasteiger partial charge in [0, 0.05) is 19.3 Å². The van der Waals surface area contributed by atoms with Crippen LogP contribution in [-0.2, 0) is 42.9 Å². The van der Waals surface area contributed by atoms with Gasteiger partial charge in [0.05, 0.1) is 6.61 Å². The first kappa shape index (κ1) is 73.2. The molecule has 1 rings (SSSR count). The van der Waals surface area contributed by atoms with Crippen molar-refractivity contribution in [1.29, 1.82) is 0 Å². The Morgan fingerprint density at radius 1 is 0.430 bits per heavy atom. The Balaban J connectivity index is 2.68. The molecular weight excluding hydrogens is 997 g/mol. The summed E-state index contributed by atoms with van der Waals surface area (Å²) in [5, 5.41) is 31.6. The van der Waals surface area contributed by atoms with Crippen molar-refractivity contribution in [2.24, 2.45) is 0 Å². The lowest BCUT2D eigenvalue weighted by molar-refractivity contribution is -0.301. The zero-order chi connectivity index (χ0) is 57.5. The molecule has 0 amide bonds. The smallest absolute Gasteiger partial charge is 0.335 e. The Bertz CT molecular complexity index is 1650. The van der Waals surface area contributed by atoms with Gasteiger partial charge in [0.1, 0.15) is 18.8 Å². The Morgan fingerprint density at radius 2 is 0.797 bits per heavy atom. The summed E-state index contributed by atoms with van der Waals surface area (Å²) in [5.41, 5.74) is 0. The van der Waals surface area contributed by atoms with E-state index in [2.05, 4.69) is 93.7 Å². The van der Waals surface area contributed by atoms with Crippen molar-refractivity contribution in [3.05, 3.63) is 72.9 Å². The van der Waals surface area contributed by atoms with E-state index in [1.165, 1.54) is 77.0 Å². The van der Waals surface area contributed by atoms with Crippen LogP contribution in [-0.4, -0.2) is 89.2 Å². The molecule has 0 radical (unpaired) electrons. The molecule has 6 atom stereocenters. The number of ether oxygens (including phenoxy) is 5. The van der Waals surface area contributed by atoms with Crippen LogP contribution in [0.4, 0.5) is 0 Å². The van der Waals surface area contributed by atoms with Crippen LogP contribution in [0.25, 0.3) is 0 Å². The third kappa shape index (κ3) is 44.5. The molecule has 0 aromatic carbocycles. The maximum atomic E-state index is 13.2. The molecule has 1 aliphatic rings. The van der Waals surface area contributed by atoms with Crippen molar-refractivity contribution in [2.45, 2.75) is 314 Å². The van der Waals surface area contributed by atoms with Crippen molar-refractivity contribution >= 4 is 23.9 Å². The highest BCUT2D eigenvalue weighted by Gasteiger charge is 2.50. The third-order valence-electron chi connectivity index (χ3n) is 14.2. The van der Waals surface area contributed by atoms with Gasteiger partial charge in [0.15, 0.2) is 24.6 Å². The van der Waals surface area contributed by atoms with E-state index in [0.717, 1.165) is 141 Å². The van der Waals surface area contributed by atoms with Gasteiger partial charge < -0.3 is 39.0 Å². The standard InChI is InChI=1S/C67H114O12/c1-4-7-10-13-16-19-22-25-28-29-30-31-34-35-38-41-44-47-50-53-59(68)75-56-58(77-60(69)54-51-48-45-42-39-36-32-26-23-20-17-14-11-8-5-2)57-76-67-65(63(72)62(71)64(79-67)66(73)74)78-61(70)55-52-49-46-43-40-37-33-27-24-21-18-15-12-9-6-3/h7,10,16,19,25-28,30-33,58,62-65,67,71-72H,4-6,8-9,11-15,17-18,20-24,29,34-57H2,1-3H3,(H,73,74)/b10-7-,19-16-,28-25-,31-30-,32-26-,33-27-. The Kier molecular flexibility index (Phi) is 50.7. The first-order valence-corrected chi connectivity index (χ1v) is 31.9. The molecule has 12 heteroatoms. The lowest BCUT2D eigenvalue weighted by atomic mass is 9.98. The van der Waals surface area contributed by atoms with Gasteiger partial charge in [-0.1, -0.05) is 222 Å². The van der Waals surface area contributed by atoms with E-state index in [1.54, 1.807) is 0 Å². The second kappa shape index (κ2) is 54.7. The second-order valence-electron chi connectivity index (χ2n) is 21.7. The summed E-state index contributed by atoms with van der Waals surface area (Å²) in [6, 6.07) is 0. The topological polar surface area (TPSA) is 175 Å². The fourth-order valence-electron chi connectivity index (χ4n) is 9.35. The molecule has 1 aliphatic heterocycles. The predicted octanol–water partition coefficient (Wildman–Crippen LogP) is 16.9. The van der Waals surface area contributed by atoms with Gasteiger partial charge in [-0.05, 0) is 109 Å². The van der Waals surface area contributed by atoms with Crippen LogP contribution in [0.2, 0.25) is 0 Å². The number of carboxylic acids is 1. The number of carbonyl (C=O) groups is 4. The molecule has 1 heterocycles. The number of unbranched alkanes of at least 4 members (excludes halogenated alkanes) is 28. The summed E-state index contributed by atoms with van der Waals surface area (Å²) >= 11 is 0. The minimum atomic E-state index is -1.91.